The van der Waals surface area contributed by atoms with Gasteiger partial charge in [0.15, 0.2) is 0 Å². The lowest BCUT2D eigenvalue weighted by Crippen LogP contribution is -2.48. The normalized spacial score (nSPS) is 33.6. The summed E-state index contributed by atoms with van der Waals surface area (Å²) in [5.41, 5.74) is 7.56. The van der Waals surface area contributed by atoms with E-state index >= 15 is 0 Å². The Labute approximate surface area is 118 Å². The maximum absolute atomic E-state index is 6.15. The molecule has 2 heterocycles. The van der Waals surface area contributed by atoms with Crippen LogP contribution in [0.25, 0.3) is 0 Å². The van der Waals surface area contributed by atoms with Crippen molar-refractivity contribution in [2.75, 3.05) is 0 Å². The quantitative estimate of drug-likeness (QED) is 0.906. The molecule has 2 saturated heterocycles. The summed E-state index contributed by atoms with van der Waals surface area (Å²) in [6, 6.07) is 11.0. The summed E-state index contributed by atoms with van der Waals surface area (Å²) >= 11 is 3.57. The van der Waals surface area contributed by atoms with E-state index in [0.29, 0.717) is 24.2 Å². The topological polar surface area (TPSA) is 29.3 Å². The second-order valence-electron chi connectivity index (χ2n) is 5.79. The second-order valence-corrected chi connectivity index (χ2v) is 6.71. The van der Waals surface area contributed by atoms with Crippen LogP contribution in [-0.2, 0) is 0 Å². The second kappa shape index (κ2) is 4.95. The zero-order valence-corrected chi connectivity index (χ0v) is 12.4. The van der Waals surface area contributed by atoms with E-state index in [1.54, 1.807) is 0 Å². The minimum atomic E-state index is 0.424. The number of nitrogens with zero attached hydrogens (tertiary/aromatic N) is 1. The monoisotopic (exact) mass is 308 g/mol. The summed E-state index contributed by atoms with van der Waals surface area (Å²) in [5.74, 6) is 0. The maximum Gasteiger partial charge on any atom is 0.0326 e. The molecule has 0 radical (unpaired) electrons. The van der Waals surface area contributed by atoms with Crippen LogP contribution in [0.3, 0.4) is 0 Å². The predicted molar refractivity (Wildman–Crippen MR) is 78.4 cm³/mol. The van der Waals surface area contributed by atoms with Crippen LogP contribution < -0.4 is 5.73 Å². The van der Waals surface area contributed by atoms with Crippen LogP contribution in [-0.4, -0.2) is 23.0 Å². The van der Waals surface area contributed by atoms with Gasteiger partial charge < -0.3 is 5.73 Å². The first-order valence-corrected chi connectivity index (χ1v) is 7.73. The first kappa shape index (κ1) is 12.6. The van der Waals surface area contributed by atoms with E-state index in [9.17, 15) is 0 Å². The van der Waals surface area contributed by atoms with Crippen LogP contribution in [0.5, 0.6) is 0 Å². The smallest absolute Gasteiger partial charge is 0.0326 e. The Morgan fingerprint density at radius 1 is 1.28 bits per heavy atom. The van der Waals surface area contributed by atoms with Gasteiger partial charge in [0, 0.05) is 28.6 Å². The summed E-state index contributed by atoms with van der Waals surface area (Å²) < 4.78 is 1.17. The first-order chi connectivity index (χ1) is 8.65. The van der Waals surface area contributed by atoms with Crippen LogP contribution in [0.15, 0.2) is 28.7 Å². The Bertz CT molecular complexity index is 420. The zero-order chi connectivity index (χ0) is 12.7. The molecule has 0 aliphatic carbocycles. The Morgan fingerprint density at radius 2 is 1.94 bits per heavy atom. The van der Waals surface area contributed by atoms with Crippen molar-refractivity contribution in [2.45, 2.75) is 56.8 Å². The third kappa shape index (κ3) is 2.24. The maximum atomic E-state index is 6.15. The number of hydrogen-bond acceptors (Lipinski definition) is 2. The Balaban J connectivity index is 1.83. The minimum absolute atomic E-state index is 0.424. The number of hydrogen-bond donors (Lipinski definition) is 1. The first-order valence-electron chi connectivity index (χ1n) is 6.93. The molecule has 2 aliphatic rings. The molecule has 1 aromatic carbocycles. The summed E-state index contributed by atoms with van der Waals surface area (Å²) in [7, 11) is 0. The van der Waals surface area contributed by atoms with Gasteiger partial charge in [-0.3, -0.25) is 4.90 Å². The molecular weight excluding hydrogens is 288 g/mol. The van der Waals surface area contributed by atoms with Crippen molar-refractivity contribution in [1.82, 2.24) is 4.90 Å². The molecule has 98 valence electrons. The van der Waals surface area contributed by atoms with E-state index in [-0.39, 0.29) is 0 Å². The molecule has 2 bridgehead atoms. The molecule has 3 rings (SSSR count). The number of halogens is 1. The average molecular weight is 309 g/mol. The van der Waals surface area contributed by atoms with E-state index in [4.69, 9.17) is 5.73 Å². The number of piperidine rings is 1. The van der Waals surface area contributed by atoms with Crippen molar-refractivity contribution in [3.8, 4) is 0 Å². The van der Waals surface area contributed by atoms with E-state index < -0.39 is 0 Å². The molecule has 3 heteroatoms. The Morgan fingerprint density at radius 3 is 2.56 bits per heavy atom. The van der Waals surface area contributed by atoms with Crippen molar-refractivity contribution < 1.29 is 0 Å². The molecule has 0 spiro atoms. The third-order valence-electron chi connectivity index (χ3n) is 4.60. The highest BCUT2D eigenvalue weighted by molar-refractivity contribution is 9.10. The summed E-state index contributed by atoms with van der Waals surface area (Å²) in [6.45, 7) is 2.34. The standard InChI is InChI=1S/C15H21BrN2/c1-10(11-3-2-4-12(16)7-11)18-14-5-6-15(18)9-13(17)8-14/h2-4,7,10,13-15H,5-6,8-9,17H2,1H3. The van der Waals surface area contributed by atoms with Gasteiger partial charge in [0.2, 0.25) is 0 Å². The van der Waals surface area contributed by atoms with Crippen LogP contribution in [0.2, 0.25) is 0 Å². The largest absolute Gasteiger partial charge is 0.328 e. The number of benzene rings is 1. The molecule has 1 aromatic rings. The SMILES string of the molecule is CC(c1cccc(Br)c1)N1C2CCC1CC(N)C2. The number of fused-ring (bicyclic) bond motifs is 2. The Hall–Kier alpha value is -0.380. The predicted octanol–water partition coefficient (Wildman–Crippen LogP) is 3.46. The van der Waals surface area contributed by atoms with Crippen molar-refractivity contribution in [2.24, 2.45) is 5.73 Å². The van der Waals surface area contributed by atoms with Crippen LogP contribution in [0, 0.1) is 0 Å². The van der Waals surface area contributed by atoms with Crippen molar-refractivity contribution in [3.05, 3.63) is 34.3 Å². The van der Waals surface area contributed by atoms with Gasteiger partial charge >= 0.3 is 0 Å². The van der Waals surface area contributed by atoms with Gasteiger partial charge in [-0.1, -0.05) is 28.1 Å². The molecule has 3 atom stereocenters. The van der Waals surface area contributed by atoms with Gasteiger partial charge in [0.1, 0.15) is 0 Å². The average Bonchev–Trinajstić information content (AvgIpc) is 2.61. The fraction of sp³-hybridized carbons (Fsp3) is 0.600. The van der Waals surface area contributed by atoms with Gasteiger partial charge in [-0.25, -0.2) is 0 Å². The van der Waals surface area contributed by atoms with Gasteiger partial charge in [-0.15, -0.1) is 0 Å². The fourth-order valence-corrected chi connectivity index (χ4v) is 4.24. The number of nitrogens with two attached hydrogens (primary N) is 1. The van der Waals surface area contributed by atoms with E-state index in [0.717, 1.165) is 0 Å². The third-order valence-corrected chi connectivity index (χ3v) is 5.10. The van der Waals surface area contributed by atoms with Crippen molar-refractivity contribution in [1.29, 1.82) is 0 Å². The van der Waals surface area contributed by atoms with Crippen LogP contribution in [0.1, 0.15) is 44.2 Å². The Kier molecular flexibility index (Phi) is 3.48. The fourth-order valence-electron chi connectivity index (χ4n) is 3.83. The summed E-state index contributed by atoms with van der Waals surface area (Å²) in [4.78, 5) is 2.71. The van der Waals surface area contributed by atoms with Gasteiger partial charge in [-0.2, -0.15) is 0 Å². The molecule has 2 nitrogen and oxygen atoms in total. The molecule has 3 unspecified atom stereocenters. The van der Waals surface area contributed by atoms with Gasteiger partial charge in [0.25, 0.3) is 0 Å². The van der Waals surface area contributed by atoms with Crippen molar-refractivity contribution >= 4 is 15.9 Å². The van der Waals surface area contributed by atoms with E-state index in [1.807, 2.05) is 0 Å². The molecule has 2 fully saturated rings. The molecular formula is C15H21BrN2. The van der Waals surface area contributed by atoms with Gasteiger partial charge in [-0.05, 0) is 50.3 Å². The lowest BCUT2D eigenvalue weighted by Gasteiger charge is -2.41. The van der Waals surface area contributed by atoms with Crippen molar-refractivity contribution in [3.63, 3.8) is 0 Å². The molecule has 0 aromatic heterocycles. The summed E-state index contributed by atoms with van der Waals surface area (Å²) in [6.07, 6.45) is 5.01. The molecule has 0 saturated carbocycles. The zero-order valence-electron chi connectivity index (χ0n) is 10.8. The van der Waals surface area contributed by atoms with Crippen LogP contribution in [0.4, 0.5) is 0 Å². The van der Waals surface area contributed by atoms with Gasteiger partial charge in [0.05, 0.1) is 0 Å². The van der Waals surface area contributed by atoms with E-state index in [1.165, 1.54) is 35.7 Å². The number of rotatable bonds is 2. The highest BCUT2D eigenvalue weighted by Crippen LogP contribution is 2.41. The van der Waals surface area contributed by atoms with E-state index in [2.05, 4.69) is 52.0 Å². The summed E-state index contributed by atoms with van der Waals surface area (Å²) in [5, 5.41) is 0. The lowest BCUT2D eigenvalue weighted by atomic mass is 9.94. The molecule has 0 amide bonds. The van der Waals surface area contributed by atoms with Crippen LogP contribution >= 0.6 is 15.9 Å². The minimum Gasteiger partial charge on any atom is -0.328 e. The molecule has 18 heavy (non-hydrogen) atoms. The highest BCUT2D eigenvalue weighted by Gasteiger charge is 2.41. The highest BCUT2D eigenvalue weighted by atomic mass is 79.9. The molecule has 2 aliphatic heterocycles. The molecule has 2 N–H and O–H groups in total. The lowest BCUT2D eigenvalue weighted by molar-refractivity contribution is 0.0854.